The van der Waals surface area contributed by atoms with Crippen molar-refractivity contribution in [3.63, 3.8) is 0 Å². The number of fused-ring (bicyclic) bond motifs is 6. The molecule has 12 aromatic carbocycles. The summed E-state index contributed by atoms with van der Waals surface area (Å²) in [5.74, 6) is 0. The molecule has 2 atom stereocenters. The third-order valence-electron chi connectivity index (χ3n) is 17.6. The van der Waals surface area contributed by atoms with E-state index in [-0.39, 0.29) is 18.0 Å². The van der Waals surface area contributed by atoms with Gasteiger partial charge in [-0.05, 0) is 140 Å². The fraction of sp³-hybridized carbons (Fsp3) is 0.0500. The molecule has 3 N–H and O–H groups in total. The van der Waals surface area contributed by atoms with Crippen LogP contribution in [0.25, 0.3) is 120 Å². The van der Waals surface area contributed by atoms with Crippen LogP contribution >= 0.6 is 0 Å². The van der Waals surface area contributed by atoms with Crippen LogP contribution in [-0.2, 0) is 6.18 Å². The Morgan fingerprint density at radius 3 is 1.10 bits per heavy atom. The predicted molar refractivity (Wildman–Crippen MR) is 360 cm³/mol. The number of aromatic nitrogens is 2. The highest BCUT2D eigenvalue weighted by Gasteiger charge is 2.34. The summed E-state index contributed by atoms with van der Waals surface area (Å²) >= 11 is 0. The highest BCUT2D eigenvalue weighted by atomic mass is 19.4. The van der Waals surface area contributed by atoms with Gasteiger partial charge in [-0.1, -0.05) is 188 Å². The van der Waals surface area contributed by atoms with E-state index in [1.165, 1.54) is 6.07 Å². The van der Waals surface area contributed by atoms with Gasteiger partial charge in [-0.25, -0.2) is 9.69 Å². The van der Waals surface area contributed by atoms with Crippen molar-refractivity contribution in [2.75, 3.05) is 0 Å². The standard InChI is InChI=1S/C80H50F3N9/c1-86-69-27-15-13-25-61(69)53-32-39-73-67(43-53)68-44-54(62-26-14-16-28-70(62)87-2)33-40-74(68)92(73)76-46-58(80(81,82)83)34-36-64(76)63-35-29-55(79-89-77(49-17-5-3-6-18-49)88-78(90-79)50-19-7-4-8-20-50)45-75(63)91-71-37-30-51(59-23-11-9-21-56(59)47-84)41-65(71)66-42-52(31-38-72(66)91)60-24-12-10-22-57(60)48-85/h3-46,77-79,88-90H. The molecule has 1 fully saturated rings. The SMILES string of the molecule is [C-]#[N+]c1ccccc1-c1ccc2c(c1)c1cc(-c3ccccc3[N+]#[C-])ccc1n2-c1cc(C(F)(F)F)ccc1-c1ccc(C2NC(c3ccccc3)NC(c3ccccc3)N2)cc1-n1c2ccc(-c3ccccc3C#N)cc2c2cc(-c3ccccc3C#N)ccc21. The normalized spacial score (nSPS) is 14.8. The Labute approximate surface area is 528 Å². The molecule has 0 saturated carbocycles. The minimum absolute atomic E-state index is 0.260. The number of nitriles is 2. The summed E-state index contributed by atoms with van der Waals surface area (Å²) in [7, 11) is 0. The topological polar surface area (TPSA) is 102 Å². The zero-order chi connectivity index (χ0) is 62.6. The van der Waals surface area contributed by atoms with Gasteiger partial charge in [-0.15, -0.1) is 0 Å². The second kappa shape index (κ2) is 23.1. The smallest absolute Gasteiger partial charge is 0.309 e. The number of para-hydroxylation sites is 2. The lowest BCUT2D eigenvalue weighted by atomic mass is 9.95. The molecule has 1 aliphatic rings. The van der Waals surface area contributed by atoms with Crippen LogP contribution in [0.15, 0.2) is 267 Å². The van der Waals surface area contributed by atoms with Crippen molar-refractivity contribution in [3.05, 3.63) is 323 Å². The first-order valence-electron chi connectivity index (χ1n) is 29.9. The van der Waals surface area contributed by atoms with Crippen molar-refractivity contribution in [2.45, 2.75) is 24.7 Å². The van der Waals surface area contributed by atoms with E-state index < -0.39 is 17.9 Å². The van der Waals surface area contributed by atoms with Crippen molar-refractivity contribution in [3.8, 4) is 79.1 Å². The molecule has 0 radical (unpaired) electrons. The van der Waals surface area contributed by atoms with Gasteiger partial charge in [0.15, 0.2) is 11.4 Å². The average molecular weight is 1190 g/mol. The van der Waals surface area contributed by atoms with Crippen molar-refractivity contribution >= 4 is 55.0 Å². The van der Waals surface area contributed by atoms with Gasteiger partial charge in [0.05, 0.1) is 93.9 Å². The van der Waals surface area contributed by atoms with Crippen LogP contribution in [0.5, 0.6) is 0 Å². The van der Waals surface area contributed by atoms with Gasteiger partial charge >= 0.3 is 6.18 Å². The predicted octanol–water partition coefficient (Wildman–Crippen LogP) is 20.3. The molecular formula is C80H50F3N9. The number of alkyl halides is 3. The van der Waals surface area contributed by atoms with Gasteiger partial charge in [0, 0.05) is 32.7 Å². The summed E-state index contributed by atoms with van der Waals surface area (Å²) in [6.07, 6.45) is -5.89. The van der Waals surface area contributed by atoms with Crippen LogP contribution in [0.4, 0.5) is 24.5 Å². The van der Waals surface area contributed by atoms with Crippen LogP contribution in [0.3, 0.4) is 0 Å². The third-order valence-corrected chi connectivity index (χ3v) is 17.6. The van der Waals surface area contributed by atoms with Gasteiger partial charge in [0.2, 0.25) is 0 Å². The average Bonchev–Trinajstić information content (AvgIpc) is 1.56. The second-order valence-corrected chi connectivity index (χ2v) is 22.8. The number of benzene rings is 12. The maximum absolute atomic E-state index is 15.7. The summed E-state index contributed by atoms with van der Waals surface area (Å²) in [5.41, 5.74) is 14.8. The first-order chi connectivity index (χ1) is 45.1. The molecular weight excluding hydrogens is 1140 g/mol. The fourth-order valence-corrected chi connectivity index (χ4v) is 13.3. The van der Waals surface area contributed by atoms with Crippen LogP contribution in [0, 0.1) is 35.8 Å². The van der Waals surface area contributed by atoms with Crippen molar-refractivity contribution in [1.29, 1.82) is 10.5 Å². The highest BCUT2D eigenvalue weighted by Crippen LogP contribution is 2.47. The zero-order valence-electron chi connectivity index (χ0n) is 49.0. The van der Waals surface area contributed by atoms with E-state index in [0.717, 1.165) is 88.7 Å². The first kappa shape index (κ1) is 56.4. The molecule has 12 heteroatoms. The van der Waals surface area contributed by atoms with E-state index in [2.05, 4.69) is 84.8 Å². The second-order valence-electron chi connectivity index (χ2n) is 22.8. The zero-order valence-corrected chi connectivity index (χ0v) is 49.0. The molecule has 436 valence electrons. The number of rotatable bonds is 10. The van der Waals surface area contributed by atoms with Crippen LogP contribution in [0.2, 0.25) is 0 Å². The monoisotopic (exact) mass is 1190 g/mol. The molecule has 92 heavy (non-hydrogen) atoms. The van der Waals surface area contributed by atoms with Gasteiger partial charge in [-0.3, -0.25) is 16.0 Å². The molecule has 0 spiro atoms. The van der Waals surface area contributed by atoms with E-state index in [4.69, 9.17) is 13.1 Å². The largest absolute Gasteiger partial charge is 0.416 e. The van der Waals surface area contributed by atoms with Gasteiger partial charge in [0.25, 0.3) is 0 Å². The Balaban J connectivity index is 1.03. The number of hydrogen-bond donors (Lipinski definition) is 3. The van der Waals surface area contributed by atoms with E-state index in [1.807, 2.05) is 187 Å². The molecule has 14 aromatic rings. The number of halogens is 3. The van der Waals surface area contributed by atoms with Crippen LogP contribution in [0.1, 0.15) is 51.9 Å². The molecule has 15 rings (SSSR count). The summed E-state index contributed by atoms with van der Waals surface area (Å²) in [6, 6.07) is 88.9. The maximum Gasteiger partial charge on any atom is 0.416 e. The number of nitrogens with one attached hydrogen (secondary N) is 3. The van der Waals surface area contributed by atoms with E-state index in [9.17, 15) is 10.5 Å². The number of nitrogens with zero attached hydrogens (tertiary/aromatic N) is 6. The first-order valence-corrected chi connectivity index (χ1v) is 29.9. The highest BCUT2D eigenvalue weighted by molar-refractivity contribution is 6.14. The van der Waals surface area contributed by atoms with Gasteiger partial charge < -0.3 is 9.13 Å². The Hall–Kier alpha value is -12.1. The number of hydrogen-bond acceptors (Lipinski definition) is 5. The molecule has 2 unspecified atom stereocenters. The van der Waals surface area contributed by atoms with Gasteiger partial charge in [0.1, 0.15) is 0 Å². The lowest BCUT2D eigenvalue weighted by Gasteiger charge is -2.40. The summed E-state index contributed by atoms with van der Waals surface area (Å²) < 4.78 is 51.2. The summed E-state index contributed by atoms with van der Waals surface area (Å²) in [6.45, 7) is 16.2. The fourth-order valence-electron chi connectivity index (χ4n) is 13.3. The maximum atomic E-state index is 15.7. The van der Waals surface area contributed by atoms with Gasteiger partial charge in [-0.2, -0.15) is 23.7 Å². The molecule has 0 bridgehead atoms. The van der Waals surface area contributed by atoms with Crippen LogP contribution in [-0.4, -0.2) is 9.13 Å². The Kier molecular flexibility index (Phi) is 14.2. The van der Waals surface area contributed by atoms with E-state index in [0.29, 0.717) is 61.5 Å². The molecule has 0 aliphatic carbocycles. The Morgan fingerprint density at radius 2 is 0.696 bits per heavy atom. The lowest BCUT2D eigenvalue weighted by molar-refractivity contribution is -0.137. The Morgan fingerprint density at radius 1 is 0.348 bits per heavy atom. The molecule has 0 amide bonds. The molecule has 1 saturated heterocycles. The van der Waals surface area contributed by atoms with Crippen molar-refractivity contribution < 1.29 is 13.2 Å². The van der Waals surface area contributed by atoms with E-state index in [1.54, 1.807) is 30.3 Å². The molecule has 3 heterocycles. The van der Waals surface area contributed by atoms with Crippen LogP contribution < -0.4 is 16.0 Å². The minimum atomic E-state index is -4.75. The molecule has 1 aliphatic heterocycles. The summed E-state index contributed by atoms with van der Waals surface area (Å²) in [5, 5.41) is 35.5. The Bertz CT molecular complexity index is 5190. The van der Waals surface area contributed by atoms with E-state index >= 15 is 13.2 Å². The lowest BCUT2D eigenvalue weighted by Crippen LogP contribution is -2.54. The summed E-state index contributed by atoms with van der Waals surface area (Å²) in [4.78, 5) is 7.71. The molecule has 9 nitrogen and oxygen atoms in total. The molecule has 2 aromatic heterocycles. The third kappa shape index (κ3) is 9.87. The minimum Gasteiger partial charge on any atom is -0.309 e. The van der Waals surface area contributed by atoms with Crippen molar-refractivity contribution in [1.82, 2.24) is 25.1 Å². The van der Waals surface area contributed by atoms with Crippen molar-refractivity contribution in [2.24, 2.45) is 0 Å². The quantitative estimate of drug-likeness (QED) is 0.118.